The van der Waals surface area contributed by atoms with E-state index in [1.54, 1.807) is 0 Å². The standard InChI is InChI=1S/C29H14ClF5N6O2/c30-22-2-1-17(31)9-19(22)26-25-20(28(43)40-26)5-13(21-11-41-24(37-12-38-41)7-15(21)10-36)6-23(25)39-27(42)14-3-16(29(33,34)35)8-18(32)4-14/h1-9,11-12,26H,(H,39,42)(H,40,43)/t26-/m0/s1. The van der Waals surface area contributed by atoms with Crippen molar-refractivity contribution in [2.24, 2.45) is 0 Å². The van der Waals surface area contributed by atoms with E-state index in [0.29, 0.717) is 17.8 Å². The summed E-state index contributed by atoms with van der Waals surface area (Å²) in [5.74, 6) is -3.72. The SMILES string of the molecule is N#Cc1cc2ncnn2cc1-c1cc(NC(=O)c2cc(F)cc(C(F)(F)F)c2)c2c(c1)C(=O)N[C@H]2c1cc(F)ccc1Cl. The summed E-state index contributed by atoms with van der Waals surface area (Å²) in [6, 6.07) is 10.1. The van der Waals surface area contributed by atoms with E-state index in [9.17, 15) is 36.8 Å². The van der Waals surface area contributed by atoms with Gasteiger partial charge in [0.05, 0.1) is 23.2 Å². The van der Waals surface area contributed by atoms with E-state index in [4.69, 9.17) is 11.6 Å². The Morgan fingerprint density at radius 1 is 1.05 bits per heavy atom. The second-order valence-electron chi connectivity index (χ2n) is 9.51. The first kappa shape index (κ1) is 27.8. The van der Waals surface area contributed by atoms with Gasteiger partial charge in [0.2, 0.25) is 0 Å². The van der Waals surface area contributed by atoms with Crippen molar-refractivity contribution < 1.29 is 31.5 Å². The van der Waals surface area contributed by atoms with E-state index in [1.807, 2.05) is 6.07 Å². The molecule has 6 rings (SSSR count). The topological polar surface area (TPSA) is 112 Å². The van der Waals surface area contributed by atoms with Gasteiger partial charge in [-0.05, 0) is 54.1 Å². The number of pyridine rings is 1. The lowest BCUT2D eigenvalue weighted by atomic mass is 9.92. The van der Waals surface area contributed by atoms with E-state index in [0.717, 1.165) is 12.1 Å². The number of nitrogens with zero attached hydrogens (tertiary/aromatic N) is 4. The molecule has 0 fully saturated rings. The summed E-state index contributed by atoms with van der Waals surface area (Å²) in [7, 11) is 0. The third-order valence-electron chi connectivity index (χ3n) is 6.84. The van der Waals surface area contributed by atoms with Gasteiger partial charge in [0.15, 0.2) is 5.65 Å². The zero-order chi connectivity index (χ0) is 30.6. The van der Waals surface area contributed by atoms with Crippen LogP contribution in [0.15, 0.2) is 67.1 Å². The highest BCUT2D eigenvalue weighted by atomic mass is 35.5. The van der Waals surface area contributed by atoms with Crippen LogP contribution in [0.5, 0.6) is 0 Å². The highest BCUT2D eigenvalue weighted by Crippen LogP contribution is 2.42. The number of alkyl halides is 3. The van der Waals surface area contributed by atoms with Crippen LogP contribution in [0.2, 0.25) is 5.02 Å². The fraction of sp³-hybridized carbons (Fsp3) is 0.0690. The molecule has 214 valence electrons. The lowest BCUT2D eigenvalue weighted by molar-refractivity contribution is -0.137. The van der Waals surface area contributed by atoms with Gasteiger partial charge in [-0.3, -0.25) is 9.59 Å². The fourth-order valence-electron chi connectivity index (χ4n) is 4.92. The third-order valence-corrected chi connectivity index (χ3v) is 7.18. The van der Waals surface area contributed by atoms with Gasteiger partial charge in [-0.25, -0.2) is 18.3 Å². The molecule has 43 heavy (non-hydrogen) atoms. The quantitative estimate of drug-likeness (QED) is 0.233. The number of aromatic nitrogens is 3. The van der Waals surface area contributed by atoms with Crippen molar-refractivity contribution in [2.45, 2.75) is 12.2 Å². The summed E-state index contributed by atoms with van der Waals surface area (Å²) in [4.78, 5) is 30.6. The molecule has 1 atom stereocenters. The number of nitrogens with one attached hydrogen (secondary N) is 2. The molecule has 0 radical (unpaired) electrons. The van der Waals surface area contributed by atoms with Gasteiger partial charge >= 0.3 is 6.18 Å². The molecule has 2 aromatic heterocycles. The number of halogens is 6. The van der Waals surface area contributed by atoms with Crippen molar-refractivity contribution in [2.75, 3.05) is 5.32 Å². The van der Waals surface area contributed by atoms with Crippen molar-refractivity contribution in [1.29, 1.82) is 5.26 Å². The summed E-state index contributed by atoms with van der Waals surface area (Å²) in [5.41, 5.74) is -0.795. The van der Waals surface area contributed by atoms with Crippen molar-refractivity contribution in [3.63, 3.8) is 0 Å². The third kappa shape index (κ3) is 5.02. The molecule has 0 saturated carbocycles. The Kier molecular flexibility index (Phi) is 6.58. The molecule has 2 N–H and O–H groups in total. The maximum atomic E-state index is 14.2. The molecule has 8 nitrogen and oxygen atoms in total. The normalized spacial score (nSPS) is 14.3. The van der Waals surface area contributed by atoms with Crippen molar-refractivity contribution in [1.82, 2.24) is 19.9 Å². The largest absolute Gasteiger partial charge is 0.416 e. The van der Waals surface area contributed by atoms with Gasteiger partial charge in [-0.15, -0.1) is 0 Å². The molecule has 0 unspecified atom stereocenters. The summed E-state index contributed by atoms with van der Waals surface area (Å²) in [6.45, 7) is 0. The molecule has 14 heteroatoms. The van der Waals surface area contributed by atoms with Crippen LogP contribution in [0.3, 0.4) is 0 Å². The maximum absolute atomic E-state index is 14.2. The average Bonchev–Trinajstić information content (AvgIpc) is 3.56. The minimum absolute atomic E-state index is 0.0101. The molecule has 0 aliphatic carbocycles. The minimum atomic E-state index is -4.93. The monoisotopic (exact) mass is 608 g/mol. The number of hydrogen-bond acceptors (Lipinski definition) is 5. The predicted molar refractivity (Wildman–Crippen MR) is 143 cm³/mol. The van der Waals surface area contributed by atoms with Crippen LogP contribution in [-0.4, -0.2) is 26.4 Å². The first-order valence-electron chi connectivity index (χ1n) is 12.3. The number of hydrogen-bond donors (Lipinski definition) is 2. The summed E-state index contributed by atoms with van der Waals surface area (Å²) in [5, 5.41) is 19.1. The number of rotatable bonds is 4. The van der Waals surface area contributed by atoms with Gasteiger partial charge in [-0.1, -0.05) is 11.6 Å². The number of benzene rings is 3. The molecule has 5 aromatic rings. The van der Waals surface area contributed by atoms with E-state index in [-0.39, 0.29) is 50.2 Å². The number of nitriles is 1. The molecule has 0 spiro atoms. The fourth-order valence-corrected chi connectivity index (χ4v) is 5.15. The number of anilines is 1. The van der Waals surface area contributed by atoms with Gasteiger partial charge in [0, 0.05) is 50.8 Å². The molecule has 1 aliphatic rings. The van der Waals surface area contributed by atoms with Gasteiger partial charge in [-0.2, -0.15) is 23.5 Å². The smallest absolute Gasteiger partial charge is 0.341 e. The van der Waals surface area contributed by atoms with Gasteiger partial charge in [0.25, 0.3) is 11.8 Å². The molecule has 3 aromatic carbocycles. The number of fused-ring (bicyclic) bond motifs is 2. The predicted octanol–water partition coefficient (Wildman–Crippen LogP) is 6.30. The molecular weight excluding hydrogens is 595 g/mol. The highest BCUT2D eigenvalue weighted by molar-refractivity contribution is 6.31. The minimum Gasteiger partial charge on any atom is -0.341 e. The van der Waals surface area contributed by atoms with Crippen LogP contribution in [0, 0.1) is 23.0 Å². The van der Waals surface area contributed by atoms with Crippen LogP contribution in [0.25, 0.3) is 16.8 Å². The Hall–Kier alpha value is -5.35. The molecular formula is C29H14ClF5N6O2. The van der Waals surface area contributed by atoms with Crippen LogP contribution >= 0.6 is 11.6 Å². The van der Waals surface area contributed by atoms with Crippen molar-refractivity contribution >= 4 is 34.7 Å². The summed E-state index contributed by atoms with van der Waals surface area (Å²) < 4.78 is 69.8. The Morgan fingerprint density at radius 2 is 1.84 bits per heavy atom. The number of carbonyl (C=O) groups is 2. The first-order valence-corrected chi connectivity index (χ1v) is 12.7. The summed E-state index contributed by atoms with van der Waals surface area (Å²) in [6.07, 6.45) is -2.19. The average molecular weight is 609 g/mol. The van der Waals surface area contributed by atoms with Crippen LogP contribution < -0.4 is 10.6 Å². The maximum Gasteiger partial charge on any atom is 0.416 e. The van der Waals surface area contributed by atoms with Crippen LogP contribution in [0.1, 0.15) is 49.0 Å². The van der Waals surface area contributed by atoms with Crippen LogP contribution in [0.4, 0.5) is 27.6 Å². The second kappa shape index (κ2) is 10.2. The number of carbonyl (C=O) groups excluding carboxylic acids is 2. The molecule has 1 aliphatic heterocycles. The molecule has 0 saturated heterocycles. The lowest BCUT2D eigenvalue weighted by Crippen LogP contribution is -2.21. The van der Waals surface area contributed by atoms with E-state index >= 15 is 0 Å². The van der Waals surface area contributed by atoms with E-state index < -0.39 is 46.8 Å². The number of amides is 2. The van der Waals surface area contributed by atoms with Gasteiger partial charge < -0.3 is 10.6 Å². The Morgan fingerprint density at radius 3 is 2.58 bits per heavy atom. The Balaban J connectivity index is 1.55. The van der Waals surface area contributed by atoms with Crippen molar-refractivity contribution in [3.8, 4) is 17.2 Å². The van der Waals surface area contributed by atoms with E-state index in [2.05, 4.69) is 20.7 Å². The van der Waals surface area contributed by atoms with Crippen molar-refractivity contribution in [3.05, 3.63) is 117 Å². The summed E-state index contributed by atoms with van der Waals surface area (Å²) >= 11 is 6.33. The Bertz CT molecular complexity index is 2030. The first-order chi connectivity index (χ1) is 20.4. The zero-order valence-electron chi connectivity index (χ0n) is 21.3. The highest BCUT2D eigenvalue weighted by Gasteiger charge is 2.36. The molecule has 2 amide bonds. The van der Waals surface area contributed by atoms with Crippen LogP contribution in [-0.2, 0) is 6.18 Å². The molecule has 0 bridgehead atoms. The Labute approximate surface area is 243 Å². The zero-order valence-corrected chi connectivity index (χ0v) is 22.1. The van der Waals surface area contributed by atoms with Gasteiger partial charge in [0.1, 0.15) is 18.0 Å². The second-order valence-corrected chi connectivity index (χ2v) is 9.92. The molecule has 3 heterocycles. The van der Waals surface area contributed by atoms with E-state index in [1.165, 1.54) is 41.3 Å². The lowest BCUT2D eigenvalue weighted by Gasteiger charge is -2.19.